The van der Waals surface area contributed by atoms with Gasteiger partial charge in [-0.2, -0.15) is 0 Å². The van der Waals surface area contributed by atoms with E-state index in [0.29, 0.717) is 36.2 Å². The Morgan fingerprint density at radius 3 is 2.55 bits per heavy atom. The monoisotopic (exact) mass is 443 g/mol. The van der Waals surface area contributed by atoms with Gasteiger partial charge in [-0.1, -0.05) is 47.5 Å². The third kappa shape index (κ3) is 3.52. The molecule has 1 fully saturated rings. The van der Waals surface area contributed by atoms with Crippen LogP contribution in [0.1, 0.15) is 20.8 Å². The van der Waals surface area contributed by atoms with Crippen LogP contribution in [0.2, 0.25) is 10.0 Å². The van der Waals surface area contributed by atoms with Crippen LogP contribution in [0, 0.1) is 0 Å². The summed E-state index contributed by atoms with van der Waals surface area (Å²) < 4.78 is 0. The number of piperazine rings is 1. The second-order valence-electron chi connectivity index (χ2n) is 7.36. The molecule has 3 aromatic rings. The lowest BCUT2D eigenvalue weighted by Crippen LogP contribution is -2.49. The molecule has 1 aromatic carbocycles. The normalized spacial score (nSPS) is 15.8. The van der Waals surface area contributed by atoms with Gasteiger partial charge in [-0.25, -0.2) is 4.98 Å². The summed E-state index contributed by atoms with van der Waals surface area (Å²) in [6.45, 7) is 2.71. The number of halogens is 2. The van der Waals surface area contributed by atoms with Gasteiger partial charge >= 0.3 is 0 Å². The van der Waals surface area contributed by atoms with E-state index in [9.17, 15) is 4.79 Å². The molecule has 3 heterocycles. The van der Waals surface area contributed by atoms with E-state index in [1.807, 2.05) is 4.90 Å². The minimum absolute atomic E-state index is 0.122. The highest BCUT2D eigenvalue weighted by molar-refractivity contribution is 7.17. The van der Waals surface area contributed by atoms with E-state index >= 15 is 0 Å². The van der Waals surface area contributed by atoms with Crippen molar-refractivity contribution in [2.75, 3.05) is 31.1 Å². The van der Waals surface area contributed by atoms with Gasteiger partial charge in [0.05, 0.1) is 14.9 Å². The Balaban J connectivity index is 1.31. The van der Waals surface area contributed by atoms with Gasteiger partial charge in [-0.3, -0.25) is 4.79 Å². The molecule has 0 atom stereocenters. The molecule has 5 rings (SSSR count). The number of nitrogens with zero attached hydrogens (tertiary/aromatic N) is 3. The van der Waals surface area contributed by atoms with Crippen LogP contribution in [-0.2, 0) is 12.8 Å². The SMILES string of the molecule is O=C(c1cc2c(s1)-c1ccccc1CC2)N1CCN(c2ncc(Cl)cc2Cl)CC1. The molecule has 0 N–H and O–H groups in total. The fraction of sp³-hybridized carbons (Fsp3) is 0.273. The number of hydrogen-bond donors (Lipinski definition) is 0. The zero-order valence-corrected chi connectivity index (χ0v) is 18.0. The molecule has 148 valence electrons. The Morgan fingerprint density at radius 1 is 1.00 bits per heavy atom. The first-order valence-electron chi connectivity index (χ1n) is 9.66. The van der Waals surface area contributed by atoms with Gasteiger partial charge in [-0.15, -0.1) is 11.3 Å². The fourth-order valence-corrected chi connectivity index (χ4v) is 5.83. The van der Waals surface area contributed by atoms with Crippen molar-refractivity contribution in [3.05, 3.63) is 68.6 Å². The lowest BCUT2D eigenvalue weighted by molar-refractivity contribution is 0.0751. The lowest BCUT2D eigenvalue weighted by Gasteiger charge is -2.35. The number of rotatable bonds is 2. The number of anilines is 1. The van der Waals surface area contributed by atoms with Crippen molar-refractivity contribution in [2.45, 2.75) is 12.8 Å². The average molecular weight is 444 g/mol. The zero-order chi connectivity index (χ0) is 20.0. The Bertz CT molecular complexity index is 1090. The van der Waals surface area contributed by atoms with Crippen molar-refractivity contribution in [3.8, 4) is 10.4 Å². The highest BCUT2D eigenvalue weighted by Crippen LogP contribution is 2.40. The largest absolute Gasteiger partial charge is 0.352 e. The molecule has 7 heteroatoms. The first kappa shape index (κ1) is 18.9. The Kier molecular flexibility index (Phi) is 4.98. The van der Waals surface area contributed by atoms with Crippen molar-refractivity contribution in [1.29, 1.82) is 0 Å². The van der Waals surface area contributed by atoms with E-state index < -0.39 is 0 Å². The van der Waals surface area contributed by atoms with Crippen molar-refractivity contribution >= 4 is 46.3 Å². The van der Waals surface area contributed by atoms with E-state index in [4.69, 9.17) is 23.2 Å². The predicted octanol–water partition coefficient (Wildman–Crippen LogP) is 5.18. The summed E-state index contributed by atoms with van der Waals surface area (Å²) in [6.07, 6.45) is 3.65. The standard InChI is InChI=1S/C22H19Cl2N3OS/c23-16-12-18(24)21(25-13-16)26-7-9-27(10-8-26)22(28)19-11-15-6-5-14-3-1-2-4-17(14)20(15)29-19/h1-4,11-13H,5-10H2. The van der Waals surface area contributed by atoms with Gasteiger partial charge < -0.3 is 9.80 Å². The number of thiophene rings is 1. The summed E-state index contributed by atoms with van der Waals surface area (Å²) in [5.41, 5.74) is 3.96. The van der Waals surface area contributed by atoms with Crippen LogP contribution >= 0.6 is 34.5 Å². The molecule has 2 aliphatic rings. The Labute approximate surface area is 183 Å². The van der Waals surface area contributed by atoms with Gasteiger partial charge in [-0.05, 0) is 41.7 Å². The van der Waals surface area contributed by atoms with Crippen molar-refractivity contribution in [3.63, 3.8) is 0 Å². The molecule has 0 unspecified atom stereocenters. The van der Waals surface area contributed by atoms with Crippen molar-refractivity contribution in [2.24, 2.45) is 0 Å². The van der Waals surface area contributed by atoms with Crippen LogP contribution in [0.25, 0.3) is 10.4 Å². The maximum absolute atomic E-state index is 13.1. The maximum atomic E-state index is 13.1. The first-order chi connectivity index (χ1) is 14.1. The van der Waals surface area contributed by atoms with E-state index in [1.165, 1.54) is 21.6 Å². The third-order valence-corrected chi connectivity index (χ3v) is 7.28. The highest BCUT2D eigenvalue weighted by Gasteiger charge is 2.27. The number of fused-ring (bicyclic) bond motifs is 3. The van der Waals surface area contributed by atoms with Gasteiger partial charge in [0.15, 0.2) is 0 Å². The second kappa shape index (κ2) is 7.63. The summed E-state index contributed by atoms with van der Waals surface area (Å²) in [4.78, 5) is 23.6. The Morgan fingerprint density at radius 2 is 1.76 bits per heavy atom. The molecule has 1 saturated heterocycles. The van der Waals surface area contributed by atoms with Gasteiger partial charge in [0, 0.05) is 37.3 Å². The lowest BCUT2D eigenvalue weighted by atomic mass is 9.91. The number of carbonyl (C=O) groups is 1. The van der Waals surface area contributed by atoms with E-state index in [2.05, 4.69) is 40.2 Å². The summed E-state index contributed by atoms with van der Waals surface area (Å²) in [7, 11) is 0. The number of amides is 1. The maximum Gasteiger partial charge on any atom is 0.264 e. The molecule has 1 aliphatic carbocycles. The van der Waals surface area contributed by atoms with Crippen molar-refractivity contribution in [1.82, 2.24) is 9.88 Å². The van der Waals surface area contributed by atoms with Gasteiger partial charge in [0.2, 0.25) is 0 Å². The van der Waals surface area contributed by atoms with Gasteiger partial charge in [0.1, 0.15) is 5.82 Å². The fourth-order valence-electron chi connectivity index (χ4n) is 4.09. The number of aryl methyl sites for hydroxylation is 2. The molecule has 1 amide bonds. The van der Waals surface area contributed by atoms with Crippen molar-refractivity contribution < 1.29 is 4.79 Å². The van der Waals surface area contributed by atoms with Crippen LogP contribution in [0.3, 0.4) is 0 Å². The third-order valence-electron chi connectivity index (χ3n) is 5.60. The van der Waals surface area contributed by atoms with Crippen LogP contribution in [0.15, 0.2) is 42.6 Å². The quantitative estimate of drug-likeness (QED) is 0.547. The predicted molar refractivity (Wildman–Crippen MR) is 120 cm³/mol. The number of benzene rings is 1. The summed E-state index contributed by atoms with van der Waals surface area (Å²) >= 11 is 13.9. The average Bonchev–Trinajstić information content (AvgIpc) is 3.18. The molecule has 1 aliphatic heterocycles. The first-order valence-corrected chi connectivity index (χ1v) is 11.2. The van der Waals surface area contributed by atoms with E-state index in [-0.39, 0.29) is 5.91 Å². The van der Waals surface area contributed by atoms with E-state index in [1.54, 1.807) is 23.6 Å². The van der Waals surface area contributed by atoms with Crippen LogP contribution in [0.5, 0.6) is 0 Å². The minimum atomic E-state index is 0.122. The molecule has 2 aromatic heterocycles. The molecule has 0 spiro atoms. The highest BCUT2D eigenvalue weighted by atomic mass is 35.5. The minimum Gasteiger partial charge on any atom is -0.352 e. The summed E-state index contributed by atoms with van der Waals surface area (Å²) in [5.74, 6) is 0.850. The Hall–Kier alpha value is -2.08. The number of aromatic nitrogens is 1. The van der Waals surface area contributed by atoms with E-state index in [0.717, 1.165) is 23.5 Å². The molecular weight excluding hydrogens is 425 g/mol. The number of carbonyl (C=O) groups excluding carboxylic acids is 1. The second-order valence-corrected chi connectivity index (χ2v) is 9.26. The molecule has 0 radical (unpaired) electrons. The van der Waals surface area contributed by atoms with Crippen LogP contribution in [0.4, 0.5) is 5.82 Å². The molecule has 29 heavy (non-hydrogen) atoms. The molecule has 0 bridgehead atoms. The van der Waals surface area contributed by atoms with Crippen LogP contribution in [-0.4, -0.2) is 42.0 Å². The van der Waals surface area contributed by atoms with Gasteiger partial charge in [0.25, 0.3) is 5.91 Å². The van der Waals surface area contributed by atoms with Crippen LogP contribution < -0.4 is 4.90 Å². The smallest absolute Gasteiger partial charge is 0.264 e. The summed E-state index contributed by atoms with van der Waals surface area (Å²) in [5, 5.41) is 1.07. The summed E-state index contributed by atoms with van der Waals surface area (Å²) in [6, 6.07) is 12.3. The molecule has 0 saturated carbocycles. The molecule has 4 nitrogen and oxygen atoms in total. The number of pyridine rings is 1. The topological polar surface area (TPSA) is 36.4 Å². The number of hydrogen-bond acceptors (Lipinski definition) is 4. The zero-order valence-electron chi connectivity index (χ0n) is 15.7. The molecular formula is C22H19Cl2N3OS.